The molecule has 92 valence electrons. The maximum absolute atomic E-state index is 8.92. The zero-order valence-electron chi connectivity index (χ0n) is 10.2. The monoisotopic (exact) mass is 304 g/mol. The zero-order valence-corrected chi connectivity index (χ0v) is 11.8. The Labute approximate surface area is 115 Å². The summed E-state index contributed by atoms with van der Waals surface area (Å²) in [4.78, 5) is 0. The predicted molar refractivity (Wildman–Crippen MR) is 74.3 cm³/mol. The number of aryl methyl sites for hydroxylation is 1. The van der Waals surface area contributed by atoms with Gasteiger partial charge in [0, 0.05) is 10.2 Å². The molecule has 0 bridgehead atoms. The number of furan rings is 1. The van der Waals surface area contributed by atoms with Crippen LogP contribution in [0.3, 0.4) is 0 Å². The molecule has 1 unspecified atom stereocenters. The van der Waals surface area contributed by atoms with Gasteiger partial charge in [-0.2, -0.15) is 5.26 Å². The number of nitrogens with one attached hydrogen (secondary N) is 1. The van der Waals surface area contributed by atoms with E-state index in [1.807, 2.05) is 38.1 Å². The second-order valence-electron chi connectivity index (χ2n) is 4.15. The van der Waals surface area contributed by atoms with Crippen LogP contribution in [0.1, 0.15) is 30.0 Å². The highest BCUT2D eigenvalue weighted by Gasteiger charge is 2.10. The first-order valence-electron chi connectivity index (χ1n) is 5.62. The third-order valence-electron chi connectivity index (χ3n) is 2.60. The summed E-state index contributed by atoms with van der Waals surface area (Å²) in [6.45, 7) is 3.94. The molecule has 4 heteroatoms. The van der Waals surface area contributed by atoms with Gasteiger partial charge in [-0.25, -0.2) is 0 Å². The summed E-state index contributed by atoms with van der Waals surface area (Å²) in [6.07, 6.45) is 0. The van der Waals surface area contributed by atoms with Crippen LogP contribution in [0.25, 0.3) is 0 Å². The molecule has 0 aliphatic rings. The molecule has 0 fully saturated rings. The van der Waals surface area contributed by atoms with E-state index < -0.39 is 0 Å². The van der Waals surface area contributed by atoms with Crippen molar-refractivity contribution in [3.63, 3.8) is 0 Å². The number of halogens is 1. The molecule has 0 spiro atoms. The van der Waals surface area contributed by atoms with E-state index in [1.54, 1.807) is 6.07 Å². The maximum Gasteiger partial charge on any atom is 0.126 e. The van der Waals surface area contributed by atoms with E-state index in [-0.39, 0.29) is 6.04 Å². The summed E-state index contributed by atoms with van der Waals surface area (Å²) in [5.74, 6) is 1.77. The molecule has 18 heavy (non-hydrogen) atoms. The van der Waals surface area contributed by atoms with E-state index in [1.165, 1.54) is 0 Å². The molecule has 1 heterocycles. The van der Waals surface area contributed by atoms with Crippen molar-refractivity contribution in [3.05, 3.63) is 51.9 Å². The number of nitriles is 1. The fourth-order valence-corrected chi connectivity index (χ4v) is 2.24. The number of nitrogens with zero attached hydrogens (tertiary/aromatic N) is 1. The van der Waals surface area contributed by atoms with Crippen LogP contribution in [0.15, 0.2) is 39.2 Å². The molecule has 1 aromatic heterocycles. The summed E-state index contributed by atoms with van der Waals surface area (Å²) in [6, 6.07) is 11.6. The molecule has 0 saturated heterocycles. The summed E-state index contributed by atoms with van der Waals surface area (Å²) >= 11 is 3.39. The first-order chi connectivity index (χ1) is 8.58. The zero-order chi connectivity index (χ0) is 13.1. The summed E-state index contributed by atoms with van der Waals surface area (Å²) in [5.41, 5.74) is 1.51. The standard InChI is InChI=1S/C14H13BrN2O/c1-9-3-4-14(18-9)10(2)17-13-6-11(8-16)5-12(15)7-13/h3-7,10,17H,1-2H3. The highest BCUT2D eigenvalue weighted by molar-refractivity contribution is 9.10. The summed E-state index contributed by atoms with van der Waals surface area (Å²) < 4.78 is 6.45. The van der Waals surface area contributed by atoms with Crippen LogP contribution in [0.4, 0.5) is 5.69 Å². The Morgan fingerprint density at radius 2 is 2.11 bits per heavy atom. The predicted octanol–water partition coefficient (Wildman–Crippen LogP) is 4.40. The second kappa shape index (κ2) is 5.28. The van der Waals surface area contributed by atoms with Gasteiger partial charge in [0.05, 0.1) is 17.7 Å². The fraction of sp³-hybridized carbons (Fsp3) is 0.214. The van der Waals surface area contributed by atoms with Crippen molar-refractivity contribution in [3.8, 4) is 6.07 Å². The van der Waals surface area contributed by atoms with Crippen molar-refractivity contribution in [1.29, 1.82) is 5.26 Å². The molecule has 0 saturated carbocycles. The van der Waals surface area contributed by atoms with Gasteiger partial charge in [0.25, 0.3) is 0 Å². The number of benzene rings is 1. The number of rotatable bonds is 3. The van der Waals surface area contributed by atoms with Gasteiger partial charge in [-0.05, 0) is 44.2 Å². The number of hydrogen-bond donors (Lipinski definition) is 1. The molecule has 1 N–H and O–H groups in total. The van der Waals surface area contributed by atoms with Gasteiger partial charge in [-0.15, -0.1) is 0 Å². The molecule has 0 radical (unpaired) electrons. The second-order valence-corrected chi connectivity index (χ2v) is 5.07. The Morgan fingerprint density at radius 3 is 2.72 bits per heavy atom. The van der Waals surface area contributed by atoms with E-state index in [9.17, 15) is 0 Å². The Balaban J connectivity index is 2.19. The van der Waals surface area contributed by atoms with Crippen molar-refractivity contribution in [2.75, 3.05) is 5.32 Å². The average Bonchev–Trinajstić information content (AvgIpc) is 2.75. The van der Waals surface area contributed by atoms with E-state index in [0.29, 0.717) is 5.56 Å². The Hall–Kier alpha value is -1.73. The topological polar surface area (TPSA) is 49.0 Å². The molecular formula is C14H13BrN2O. The van der Waals surface area contributed by atoms with E-state index in [4.69, 9.17) is 9.68 Å². The number of hydrogen-bond acceptors (Lipinski definition) is 3. The minimum absolute atomic E-state index is 0.0551. The molecular weight excluding hydrogens is 292 g/mol. The fourth-order valence-electron chi connectivity index (χ4n) is 1.74. The van der Waals surface area contributed by atoms with Crippen LogP contribution in [0.2, 0.25) is 0 Å². The first kappa shape index (κ1) is 12.7. The van der Waals surface area contributed by atoms with Crippen LogP contribution >= 0.6 is 15.9 Å². The van der Waals surface area contributed by atoms with E-state index in [0.717, 1.165) is 21.7 Å². The van der Waals surface area contributed by atoms with Crippen molar-refractivity contribution >= 4 is 21.6 Å². The van der Waals surface area contributed by atoms with Gasteiger partial charge in [-0.3, -0.25) is 0 Å². The highest BCUT2D eigenvalue weighted by atomic mass is 79.9. The molecule has 1 atom stereocenters. The van der Waals surface area contributed by atoms with Crippen LogP contribution in [0, 0.1) is 18.3 Å². The SMILES string of the molecule is Cc1ccc(C(C)Nc2cc(Br)cc(C#N)c2)o1. The molecule has 1 aromatic carbocycles. The first-order valence-corrected chi connectivity index (χ1v) is 6.41. The average molecular weight is 305 g/mol. The van der Waals surface area contributed by atoms with E-state index in [2.05, 4.69) is 27.3 Å². The van der Waals surface area contributed by atoms with Crippen LogP contribution in [-0.4, -0.2) is 0 Å². The smallest absolute Gasteiger partial charge is 0.126 e. The lowest BCUT2D eigenvalue weighted by atomic mass is 10.2. The van der Waals surface area contributed by atoms with Gasteiger partial charge < -0.3 is 9.73 Å². The molecule has 2 aromatic rings. The molecule has 0 aliphatic carbocycles. The normalized spacial score (nSPS) is 11.9. The Kier molecular flexibility index (Phi) is 3.73. The van der Waals surface area contributed by atoms with Gasteiger partial charge in [0.2, 0.25) is 0 Å². The van der Waals surface area contributed by atoms with Crippen molar-refractivity contribution < 1.29 is 4.42 Å². The lowest BCUT2D eigenvalue weighted by molar-refractivity contribution is 0.467. The van der Waals surface area contributed by atoms with Gasteiger partial charge in [0.15, 0.2) is 0 Å². The summed E-state index contributed by atoms with van der Waals surface area (Å²) in [5, 5.41) is 12.2. The van der Waals surface area contributed by atoms with Gasteiger partial charge >= 0.3 is 0 Å². The van der Waals surface area contributed by atoms with Gasteiger partial charge in [-0.1, -0.05) is 15.9 Å². The molecule has 2 rings (SSSR count). The van der Waals surface area contributed by atoms with Gasteiger partial charge in [0.1, 0.15) is 11.5 Å². The van der Waals surface area contributed by atoms with Crippen molar-refractivity contribution in [2.24, 2.45) is 0 Å². The highest BCUT2D eigenvalue weighted by Crippen LogP contribution is 2.24. The minimum Gasteiger partial charge on any atom is -0.464 e. The summed E-state index contributed by atoms with van der Waals surface area (Å²) in [7, 11) is 0. The molecule has 0 aliphatic heterocycles. The van der Waals surface area contributed by atoms with Crippen molar-refractivity contribution in [1.82, 2.24) is 0 Å². The van der Waals surface area contributed by atoms with E-state index >= 15 is 0 Å². The van der Waals surface area contributed by atoms with Crippen LogP contribution in [0.5, 0.6) is 0 Å². The largest absolute Gasteiger partial charge is 0.464 e. The van der Waals surface area contributed by atoms with Crippen LogP contribution in [-0.2, 0) is 0 Å². The third-order valence-corrected chi connectivity index (χ3v) is 3.06. The number of anilines is 1. The molecule has 3 nitrogen and oxygen atoms in total. The molecule has 0 amide bonds. The lowest BCUT2D eigenvalue weighted by Crippen LogP contribution is -2.05. The maximum atomic E-state index is 8.92. The Bertz CT molecular complexity index is 598. The van der Waals surface area contributed by atoms with Crippen LogP contribution < -0.4 is 5.32 Å². The lowest BCUT2D eigenvalue weighted by Gasteiger charge is -2.13. The van der Waals surface area contributed by atoms with Crippen molar-refractivity contribution in [2.45, 2.75) is 19.9 Å². The third kappa shape index (κ3) is 2.93. The minimum atomic E-state index is 0.0551. The Morgan fingerprint density at radius 1 is 1.33 bits per heavy atom. The quantitative estimate of drug-likeness (QED) is 0.914.